The highest BCUT2D eigenvalue weighted by atomic mass is 19.1. The van der Waals surface area contributed by atoms with Crippen molar-refractivity contribution >= 4 is 5.69 Å². The second kappa shape index (κ2) is 6.44. The fraction of sp³-hybridized carbons (Fsp3) is 0.308. The Bertz CT molecular complexity index is 710. The summed E-state index contributed by atoms with van der Waals surface area (Å²) in [6, 6.07) is 5.67. The summed E-state index contributed by atoms with van der Waals surface area (Å²) in [5, 5.41) is 29.4. The smallest absolute Gasteiger partial charge is 0.184 e. The van der Waals surface area contributed by atoms with Crippen LogP contribution < -0.4 is 4.90 Å². The minimum absolute atomic E-state index is 0.110. The lowest BCUT2D eigenvalue weighted by Crippen LogP contribution is -2.20. The number of aromatic nitrogens is 4. The summed E-state index contributed by atoms with van der Waals surface area (Å²) in [7, 11) is 0. The zero-order valence-electron chi connectivity index (χ0n) is 11.4. The van der Waals surface area contributed by atoms with E-state index in [4.69, 9.17) is 5.26 Å². The Balaban J connectivity index is 2.27. The fourth-order valence-electron chi connectivity index (χ4n) is 1.81. The molecule has 1 aromatic carbocycles. The molecular weight excluding hydrogens is 273 g/mol. The number of aryl methyl sites for hydroxylation is 1. The molecule has 0 N–H and O–H groups in total. The maximum atomic E-state index is 13.3. The fourth-order valence-corrected chi connectivity index (χ4v) is 1.81. The number of tetrazole rings is 1. The lowest BCUT2D eigenvalue weighted by atomic mass is 10.2. The van der Waals surface area contributed by atoms with Crippen molar-refractivity contribution in [3.8, 4) is 12.3 Å². The number of nitriles is 2. The van der Waals surface area contributed by atoms with Crippen molar-refractivity contribution in [1.29, 1.82) is 10.5 Å². The number of nitrogens with zero attached hydrogens (tertiary/aromatic N) is 7. The van der Waals surface area contributed by atoms with Gasteiger partial charge < -0.3 is 0 Å². The highest BCUT2D eigenvalue weighted by Gasteiger charge is 2.14. The molecule has 106 valence electrons. The zero-order chi connectivity index (χ0) is 15.2. The van der Waals surface area contributed by atoms with Gasteiger partial charge in [0.1, 0.15) is 11.9 Å². The van der Waals surface area contributed by atoms with Gasteiger partial charge in [-0.05, 0) is 35.0 Å². The molecule has 1 heterocycles. The molecule has 0 spiro atoms. The zero-order valence-corrected chi connectivity index (χ0v) is 11.4. The summed E-state index contributed by atoms with van der Waals surface area (Å²) in [5.74, 6) is -0.0869. The molecule has 0 aliphatic rings. The van der Waals surface area contributed by atoms with Gasteiger partial charge in [-0.25, -0.2) is 9.07 Å². The molecule has 0 bridgehead atoms. The van der Waals surface area contributed by atoms with Gasteiger partial charge in [-0.3, -0.25) is 4.90 Å². The van der Waals surface area contributed by atoms with Gasteiger partial charge in [-0.2, -0.15) is 10.5 Å². The standard InChI is InChI=1S/C13H12FN7/c1-2-5-21-13(17-18-19-21)8-20(9-16)11-3-4-12(14)10(6-11)7-15/h3-4,6H,2,5,8H2,1H3. The van der Waals surface area contributed by atoms with E-state index in [2.05, 4.69) is 15.5 Å². The van der Waals surface area contributed by atoms with E-state index in [0.717, 1.165) is 12.5 Å². The molecule has 0 aliphatic carbocycles. The van der Waals surface area contributed by atoms with Gasteiger partial charge in [-0.1, -0.05) is 6.92 Å². The molecule has 2 aromatic rings. The molecule has 7 nitrogen and oxygen atoms in total. The second-order valence-electron chi connectivity index (χ2n) is 4.28. The molecule has 0 amide bonds. The molecule has 0 unspecified atom stereocenters. The van der Waals surface area contributed by atoms with Crippen LogP contribution in [0.3, 0.4) is 0 Å². The van der Waals surface area contributed by atoms with E-state index in [1.807, 2.05) is 13.1 Å². The van der Waals surface area contributed by atoms with Crippen molar-refractivity contribution in [3.63, 3.8) is 0 Å². The number of halogens is 1. The number of rotatable bonds is 5. The van der Waals surface area contributed by atoms with Crippen molar-refractivity contribution in [1.82, 2.24) is 20.2 Å². The third kappa shape index (κ3) is 3.12. The summed E-state index contributed by atoms with van der Waals surface area (Å²) in [6.45, 7) is 2.79. The molecule has 0 aliphatic heterocycles. The Morgan fingerprint density at radius 3 is 2.86 bits per heavy atom. The molecule has 1 aromatic heterocycles. The number of hydrogen-bond donors (Lipinski definition) is 0. The Hall–Kier alpha value is -3.00. The van der Waals surface area contributed by atoms with Crippen molar-refractivity contribution in [2.24, 2.45) is 0 Å². The molecule has 0 atom stereocenters. The maximum absolute atomic E-state index is 13.3. The lowest BCUT2D eigenvalue weighted by molar-refractivity contribution is 0.554. The monoisotopic (exact) mass is 285 g/mol. The summed E-state index contributed by atoms with van der Waals surface area (Å²) in [5.41, 5.74) is 0.308. The van der Waals surface area contributed by atoms with Gasteiger partial charge >= 0.3 is 0 Å². The van der Waals surface area contributed by atoms with Crippen LogP contribution in [-0.2, 0) is 13.1 Å². The first-order valence-corrected chi connectivity index (χ1v) is 6.31. The van der Waals surface area contributed by atoms with Crippen LogP contribution in [-0.4, -0.2) is 20.2 Å². The van der Waals surface area contributed by atoms with Crippen LogP contribution in [0.5, 0.6) is 0 Å². The number of benzene rings is 1. The van der Waals surface area contributed by atoms with Gasteiger partial charge in [0.25, 0.3) is 0 Å². The summed E-state index contributed by atoms with van der Waals surface area (Å²) in [4.78, 5) is 1.30. The van der Waals surface area contributed by atoms with Crippen LogP contribution in [0.2, 0.25) is 0 Å². The molecule has 21 heavy (non-hydrogen) atoms. The van der Waals surface area contributed by atoms with Crippen LogP contribution in [0.4, 0.5) is 10.1 Å². The average Bonchev–Trinajstić information content (AvgIpc) is 2.93. The molecule has 0 saturated carbocycles. The third-order valence-corrected chi connectivity index (χ3v) is 2.84. The predicted molar refractivity (Wildman–Crippen MR) is 71.0 cm³/mol. The van der Waals surface area contributed by atoms with Crippen LogP contribution in [0.1, 0.15) is 24.7 Å². The van der Waals surface area contributed by atoms with E-state index >= 15 is 0 Å². The largest absolute Gasteiger partial charge is 0.272 e. The van der Waals surface area contributed by atoms with Crippen molar-refractivity contribution in [2.45, 2.75) is 26.4 Å². The topological polar surface area (TPSA) is 94.4 Å². The SMILES string of the molecule is CCCn1nnnc1CN(C#N)c1ccc(F)c(C#N)c1. The van der Waals surface area contributed by atoms with Gasteiger partial charge in [0.05, 0.1) is 17.8 Å². The summed E-state index contributed by atoms with van der Waals surface area (Å²) in [6.07, 6.45) is 2.85. The molecule has 2 rings (SSSR count). The number of hydrogen-bond acceptors (Lipinski definition) is 6. The van der Waals surface area contributed by atoms with Crippen LogP contribution >= 0.6 is 0 Å². The van der Waals surface area contributed by atoms with E-state index in [-0.39, 0.29) is 12.1 Å². The molecule has 0 fully saturated rings. The normalized spacial score (nSPS) is 9.90. The molecule has 8 heteroatoms. The first-order chi connectivity index (χ1) is 10.2. The minimum atomic E-state index is -0.616. The Labute approximate surface area is 120 Å². The quantitative estimate of drug-likeness (QED) is 0.611. The van der Waals surface area contributed by atoms with Crippen LogP contribution in [0.15, 0.2) is 18.2 Å². The predicted octanol–water partition coefficient (Wildman–Crippen LogP) is 1.58. The molecule has 0 radical (unpaired) electrons. The highest BCUT2D eigenvalue weighted by Crippen LogP contribution is 2.19. The van der Waals surface area contributed by atoms with E-state index in [1.54, 1.807) is 10.8 Å². The van der Waals surface area contributed by atoms with Crippen molar-refractivity contribution in [3.05, 3.63) is 35.4 Å². The first-order valence-electron chi connectivity index (χ1n) is 6.31. The number of anilines is 1. The van der Waals surface area contributed by atoms with Gasteiger partial charge in [0.2, 0.25) is 0 Å². The third-order valence-electron chi connectivity index (χ3n) is 2.84. The van der Waals surface area contributed by atoms with E-state index < -0.39 is 5.82 Å². The maximum Gasteiger partial charge on any atom is 0.184 e. The lowest BCUT2D eigenvalue weighted by Gasteiger charge is -2.15. The summed E-state index contributed by atoms with van der Waals surface area (Å²) >= 11 is 0. The van der Waals surface area contributed by atoms with E-state index in [9.17, 15) is 9.65 Å². The van der Waals surface area contributed by atoms with Gasteiger partial charge in [0.15, 0.2) is 12.0 Å². The molecule has 0 saturated heterocycles. The second-order valence-corrected chi connectivity index (χ2v) is 4.28. The molecular formula is C13H12FN7. The van der Waals surface area contributed by atoms with Gasteiger partial charge in [-0.15, -0.1) is 5.10 Å². The Morgan fingerprint density at radius 1 is 1.38 bits per heavy atom. The summed E-state index contributed by atoms with van der Waals surface area (Å²) < 4.78 is 14.9. The minimum Gasteiger partial charge on any atom is -0.272 e. The van der Waals surface area contributed by atoms with E-state index in [0.29, 0.717) is 18.1 Å². The Kier molecular flexibility index (Phi) is 4.42. The van der Waals surface area contributed by atoms with Crippen LogP contribution in [0, 0.1) is 28.6 Å². The van der Waals surface area contributed by atoms with E-state index in [1.165, 1.54) is 17.0 Å². The van der Waals surface area contributed by atoms with Crippen molar-refractivity contribution in [2.75, 3.05) is 4.90 Å². The van der Waals surface area contributed by atoms with Gasteiger partial charge in [0, 0.05) is 6.54 Å². The highest BCUT2D eigenvalue weighted by molar-refractivity contribution is 5.54. The van der Waals surface area contributed by atoms with Crippen molar-refractivity contribution < 1.29 is 4.39 Å². The average molecular weight is 285 g/mol. The Morgan fingerprint density at radius 2 is 2.19 bits per heavy atom. The first kappa shape index (κ1) is 14.4. The van der Waals surface area contributed by atoms with Crippen LogP contribution in [0.25, 0.3) is 0 Å².